The number of nitrogens with two attached hydrogens (primary N) is 1. The number of hydrogen-bond acceptors (Lipinski definition) is 4. The molecule has 0 saturated heterocycles. The van der Waals surface area contributed by atoms with Gasteiger partial charge in [-0.2, -0.15) is 0 Å². The molecule has 1 amide bonds. The van der Waals surface area contributed by atoms with Gasteiger partial charge in [-0.15, -0.1) is 0 Å². The van der Waals surface area contributed by atoms with Crippen molar-refractivity contribution in [1.29, 1.82) is 0 Å². The predicted octanol–water partition coefficient (Wildman–Crippen LogP) is 6.61. The quantitative estimate of drug-likeness (QED) is 0.417. The minimum Gasteiger partial charge on any atom is -0.494 e. The lowest BCUT2D eigenvalue weighted by molar-refractivity contribution is 0.108. The Morgan fingerprint density at radius 3 is 2.50 bits per heavy atom. The minimum atomic E-state index is -0.410. The van der Waals surface area contributed by atoms with E-state index < -0.39 is 6.09 Å². The Morgan fingerprint density at radius 1 is 1.16 bits per heavy atom. The summed E-state index contributed by atoms with van der Waals surface area (Å²) in [7, 11) is 0. The van der Waals surface area contributed by atoms with Crippen molar-refractivity contribution >= 4 is 28.4 Å². The third kappa shape index (κ3) is 4.54. The molecule has 2 aromatic carbocycles. The summed E-state index contributed by atoms with van der Waals surface area (Å²) in [4.78, 5) is 12.2. The zero-order valence-electron chi connectivity index (χ0n) is 19.4. The van der Waals surface area contributed by atoms with Gasteiger partial charge in [-0.1, -0.05) is 19.1 Å². The van der Waals surface area contributed by atoms with Crippen molar-refractivity contribution < 1.29 is 14.3 Å². The molecule has 170 valence electrons. The molecule has 0 radical (unpaired) electrons. The van der Waals surface area contributed by atoms with Crippen LogP contribution in [0.15, 0.2) is 42.5 Å². The highest BCUT2D eigenvalue weighted by molar-refractivity contribution is 6.01. The zero-order valence-corrected chi connectivity index (χ0v) is 19.4. The van der Waals surface area contributed by atoms with Crippen LogP contribution in [0.3, 0.4) is 0 Å². The van der Waals surface area contributed by atoms with Crippen molar-refractivity contribution in [2.45, 2.75) is 59.1 Å². The van der Waals surface area contributed by atoms with Crippen LogP contribution in [0.2, 0.25) is 0 Å². The van der Waals surface area contributed by atoms with Gasteiger partial charge >= 0.3 is 6.09 Å². The summed E-state index contributed by atoms with van der Waals surface area (Å²) >= 11 is 0. The predicted molar refractivity (Wildman–Crippen MR) is 130 cm³/mol. The Hall–Kier alpha value is -3.15. The zero-order chi connectivity index (χ0) is 22.8. The molecule has 0 spiro atoms. The molecule has 3 N–H and O–H groups in total. The number of ether oxygens (including phenoxy) is 2. The first kappa shape index (κ1) is 22.1. The molecule has 0 unspecified atom stereocenters. The van der Waals surface area contributed by atoms with Crippen LogP contribution in [-0.4, -0.2) is 23.4 Å². The molecule has 1 aliphatic carbocycles. The van der Waals surface area contributed by atoms with E-state index in [1.54, 1.807) is 0 Å². The fraction of sp³-hybridized carbons (Fsp3) is 0.423. The highest BCUT2D eigenvalue weighted by Gasteiger charge is 2.30. The SMILES string of the molecule is CCCOc1ccc2c(N)c(-c3ccc(NC(=O)O[C@H](C)C4CC4)cc3)n(C(C)C)c2c1. The maximum Gasteiger partial charge on any atom is 0.411 e. The number of aromatic nitrogens is 1. The summed E-state index contributed by atoms with van der Waals surface area (Å²) in [5, 5.41) is 3.84. The Balaban J connectivity index is 1.61. The fourth-order valence-electron chi connectivity index (χ4n) is 4.15. The molecule has 1 atom stereocenters. The lowest BCUT2D eigenvalue weighted by Crippen LogP contribution is -2.21. The second kappa shape index (κ2) is 9.15. The first-order valence-corrected chi connectivity index (χ1v) is 11.5. The number of nitrogens with one attached hydrogen (secondary N) is 1. The van der Waals surface area contributed by atoms with Gasteiger partial charge in [0.05, 0.1) is 23.5 Å². The third-order valence-corrected chi connectivity index (χ3v) is 5.99. The molecule has 3 aromatic rings. The third-order valence-electron chi connectivity index (χ3n) is 5.99. The van der Waals surface area contributed by atoms with Crippen molar-refractivity contribution in [1.82, 2.24) is 4.57 Å². The fourth-order valence-corrected chi connectivity index (χ4v) is 4.15. The van der Waals surface area contributed by atoms with Gasteiger partial charge in [-0.05, 0) is 70.2 Å². The first-order chi connectivity index (χ1) is 15.4. The van der Waals surface area contributed by atoms with E-state index in [9.17, 15) is 4.79 Å². The molecule has 32 heavy (non-hydrogen) atoms. The number of rotatable bonds is 8. The summed E-state index contributed by atoms with van der Waals surface area (Å²) in [6.07, 6.45) is 2.79. The van der Waals surface area contributed by atoms with E-state index in [0.717, 1.165) is 52.9 Å². The van der Waals surface area contributed by atoms with Crippen LogP contribution in [-0.2, 0) is 4.74 Å². The number of amides is 1. The highest BCUT2D eigenvalue weighted by Crippen LogP contribution is 2.40. The Labute approximate surface area is 189 Å². The number of hydrogen-bond donors (Lipinski definition) is 2. The maximum absolute atomic E-state index is 12.2. The lowest BCUT2D eigenvalue weighted by Gasteiger charge is -2.16. The number of carbonyl (C=O) groups excluding carboxylic acids is 1. The van der Waals surface area contributed by atoms with Crippen molar-refractivity contribution in [2.75, 3.05) is 17.7 Å². The summed E-state index contributed by atoms with van der Waals surface area (Å²) in [6, 6.07) is 14.0. The monoisotopic (exact) mass is 435 g/mol. The molecule has 1 fully saturated rings. The Bertz CT molecular complexity index is 1100. The van der Waals surface area contributed by atoms with Crippen molar-refractivity contribution in [3.63, 3.8) is 0 Å². The van der Waals surface area contributed by atoms with Gasteiger partial charge in [-0.3, -0.25) is 5.32 Å². The largest absolute Gasteiger partial charge is 0.494 e. The average molecular weight is 436 g/mol. The van der Waals surface area contributed by atoms with E-state index >= 15 is 0 Å². The van der Waals surface area contributed by atoms with E-state index in [1.165, 1.54) is 0 Å². The summed E-state index contributed by atoms with van der Waals surface area (Å²) in [6.45, 7) is 9.03. The summed E-state index contributed by atoms with van der Waals surface area (Å²) < 4.78 is 13.5. The molecular formula is C26H33N3O3. The van der Waals surface area contributed by atoms with E-state index in [-0.39, 0.29) is 12.1 Å². The van der Waals surface area contributed by atoms with Crippen LogP contribution >= 0.6 is 0 Å². The van der Waals surface area contributed by atoms with Crippen LogP contribution in [0.4, 0.5) is 16.2 Å². The van der Waals surface area contributed by atoms with E-state index in [1.807, 2.05) is 43.3 Å². The lowest BCUT2D eigenvalue weighted by atomic mass is 10.1. The van der Waals surface area contributed by atoms with Gasteiger partial charge < -0.3 is 19.8 Å². The number of anilines is 2. The van der Waals surface area contributed by atoms with Gasteiger partial charge in [0, 0.05) is 28.7 Å². The molecule has 4 rings (SSSR count). The summed E-state index contributed by atoms with van der Waals surface area (Å²) in [5.41, 5.74) is 11.1. The van der Waals surface area contributed by atoms with E-state index in [2.05, 4.69) is 36.7 Å². The van der Waals surface area contributed by atoms with Crippen molar-refractivity contribution in [2.24, 2.45) is 5.92 Å². The van der Waals surface area contributed by atoms with Crippen molar-refractivity contribution in [3.8, 4) is 17.0 Å². The molecule has 1 aliphatic rings. The average Bonchev–Trinajstić information content (AvgIpc) is 3.57. The number of nitrogen functional groups attached to an aromatic ring is 1. The van der Waals surface area contributed by atoms with Crippen LogP contribution in [0, 0.1) is 5.92 Å². The maximum atomic E-state index is 12.2. The summed E-state index contributed by atoms with van der Waals surface area (Å²) in [5.74, 6) is 1.36. The minimum absolute atomic E-state index is 0.0398. The van der Waals surface area contributed by atoms with E-state index in [0.29, 0.717) is 18.2 Å². The number of fused-ring (bicyclic) bond motifs is 1. The Kier molecular flexibility index (Phi) is 6.31. The van der Waals surface area contributed by atoms with Crippen LogP contribution in [0.1, 0.15) is 53.0 Å². The van der Waals surface area contributed by atoms with Crippen LogP contribution in [0.5, 0.6) is 5.75 Å². The van der Waals surface area contributed by atoms with Gasteiger partial charge in [0.2, 0.25) is 0 Å². The first-order valence-electron chi connectivity index (χ1n) is 11.5. The van der Waals surface area contributed by atoms with E-state index in [4.69, 9.17) is 15.2 Å². The molecule has 6 heteroatoms. The standard InChI is InChI=1S/C26H33N3O3/c1-5-14-31-21-12-13-22-23(15-21)29(16(2)3)25(24(22)27)19-8-10-20(11-9-19)28-26(30)32-17(4)18-6-7-18/h8-13,15-18H,5-7,14,27H2,1-4H3,(H,28,30)/t17-/m1/s1. The van der Waals surface area contributed by atoms with Crippen LogP contribution in [0.25, 0.3) is 22.2 Å². The van der Waals surface area contributed by atoms with Crippen LogP contribution < -0.4 is 15.8 Å². The highest BCUT2D eigenvalue weighted by atomic mass is 16.6. The molecule has 1 aromatic heterocycles. The topological polar surface area (TPSA) is 78.5 Å². The second-order valence-electron chi connectivity index (χ2n) is 8.90. The smallest absolute Gasteiger partial charge is 0.411 e. The van der Waals surface area contributed by atoms with Gasteiger partial charge in [0.1, 0.15) is 11.9 Å². The van der Waals surface area contributed by atoms with Gasteiger partial charge in [0.15, 0.2) is 0 Å². The van der Waals surface area contributed by atoms with Crippen molar-refractivity contribution in [3.05, 3.63) is 42.5 Å². The number of nitrogens with zero attached hydrogens (tertiary/aromatic N) is 1. The number of benzene rings is 2. The van der Waals surface area contributed by atoms with Gasteiger partial charge in [-0.25, -0.2) is 4.79 Å². The molecular weight excluding hydrogens is 402 g/mol. The Morgan fingerprint density at radius 2 is 1.88 bits per heavy atom. The number of carbonyl (C=O) groups is 1. The normalized spacial score (nSPS) is 14.5. The molecule has 0 aliphatic heterocycles. The second-order valence-corrected chi connectivity index (χ2v) is 8.90. The molecule has 1 heterocycles. The molecule has 1 saturated carbocycles. The molecule has 0 bridgehead atoms. The molecule has 6 nitrogen and oxygen atoms in total. The van der Waals surface area contributed by atoms with Gasteiger partial charge in [0.25, 0.3) is 0 Å².